The number of benzene rings is 1. The number of anilines is 1. The predicted octanol–water partition coefficient (Wildman–Crippen LogP) is 4.07. The first kappa shape index (κ1) is 17.3. The second-order valence-corrected chi connectivity index (χ2v) is 7.30. The fraction of sp³-hybridized carbons (Fsp3) is 0.176. The molecule has 3 N–H and O–H groups in total. The second kappa shape index (κ2) is 7.16. The van der Waals surface area contributed by atoms with Crippen molar-refractivity contribution < 1.29 is 4.79 Å². The highest BCUT2D eigenvalue weighted by atomic mass is 35.5. The Morgan fingerprint density at radius 3 is 2.68 bits per heavy atom. The van der Waals surface area contributed by atoms with Gasteiger partial charge in [-0.15, -0.1) is 11.3 Å². The van der Waals surface area contributed by atoms with Crippen LogP contribution in [0.5, 0.6) is 0 Å². The van der Waals surface area contributed by atoms with E-state index in [1.54, 1.807) is 30.5 Å². The number of aromatic nitrogens is 2. The summed E-state index contributed by atoms with van der Waals surface area (Å²) in [5.74, 6) is 0. The van der Waals surface area contributed by atoms with Gasteiger partial charge in [-0.2, -0.15) is 0 Å². The predicted molar refractivity (Wildman–Crippen MR) is 101 cm³/mol. The van der Waals surface area contributed by atoms with Crippen molar-refractivity contribution in [2.24, 2.45) is 0 Å². The molecule has 0 bridgehead atoms. The standard InChI is InChI=1S/C17H17ClN4O2S/c1-10-9-19-17(24)22(10)13-6-4-3-5-12(13)21-16(23)20-11(2)14-7-8-15(18)25-14/h3-9,11H,1-2H3,(H,19,24)(H2,20,21,23). The maximum absolute atomic E-state index is 12.3. The van der Waals surface area contributed by atoms with E-state index in [2.05, 4.69) is 15.6 Å². The second-order valence-electron chi connectivity index (χ2n) is 5.55. The van der Waals surface area contributed by atoms with Crippen molar-refractivity contribution in [1.29, 1.82) is 0 Å². The van der Waals surface area contributed by atoms with Gasteiger partial charge in [-0.1, -0.05) is 23.7 Å². The highest BCUT2D eigenvalue weighted by molar-refractivity contribution is 7.16. The van der Waals surface area contributed by atoms with Gasteiger partial charge in [0.1, 0.15) is 0 Å². The minimum atomic E-state index is -0.356. The van der Waals surface area contributed by atoms with Crippen molar-refractivity contribution in [3.8, 4) is 5.69 Å². The van der Waals surface area contributed by atoms with E-state index in [-0.39, 0.29) is 17.8 Å². The molecule has 0 saturated heterocycles. The number of halogens is 1. The third kappa shape index (κ3) is 3.78. The average Bonchev–Trinajstić information content (AvgIpc) is 3.14. The lowest BCUT2D eigenvalue weighted by Crippen LogP contribution is -2.31. The summed E-state index contributed by atoms with van der Waals surface area (Å²) in [5.41, 5.74) is 1.64. The fourth-order valence-electron chi connectivity index (χ4n) is 2.52. The molecule has 2 aromatic heterocycles. The molecule has 0 spiro atoms. The number of amides is 2. The van der Waals surface area contributed by atoms with E-state index in [4.69, 9.17) is 11.6 Å². The Hall–Kier alpha value is -2.51. The van der Waals surface area contributed by atoms with E-state index in [9.17, 15) is 9.59 Å². The highest BCUT2D eigenvalue weighted by Gasteiger charge is 2.15. The Kier molecular flexibility index (Phi) is 4.96. The van der Waals surface area contributed by atoms with Gasteiger partial charge in [0.15, 0.2) is 0 Å². The summed E-state index contributed by atoms with van der Waals surface area (Å²) in [6, 6.07) is 10.3. The van der Waals surface area contributed by atoms with Crippen LogP contribution in [0.15, 0.2) is 47.4 Å². The molecule has 0 aliphatic carbocycles. The number of hydrogen-bond donors (Lipinski definition) is 3. The van der Waals surface area contributed by atoms with Gasteiger partial charge in [-0.25, -0.2) is 9.59 Å². The van der Waals surface area contributed by atoms with Gasteiger partial charge in [-0.05, 0) is 38.1 Å². The number of rotatable bonds is 4. The molecule has 0 fully saturated rings. The third-order valence-electron chi connectivity index (χ3n) is 3.72. The van der Waals surface area contributed by atoms with E-state index in [0.29, 0.717) is 15.7 Å². The molecule has 3 aromatic rings. The zero-order valence-electron chi connectivity index (χ0n) is 13.7. The van der Waals surface area contributed by atoms with E-state index in [1.807, 2.05) is 26.0 Å². The zero-order valence-corrected chi connectivity index (χ0v) is 15.2. The van der Waals surface area contributed by atoms with Gasteiger partial charge in [0, 0.05) is 16.8 Å². The number of aryl methyl sites for hydroxylation is 1. The Morgan fingerprint density at radius 1 is 1.28 bits per heavy atom. The molecule has 6 nitrogen and oxygen atoms in total. The van der Waals surface area contributed by atoms with Crippen LogP contribution in [0.25, 0.3) is 5.69 Å². The van der Waals surface area contributed by atoms with Crippen molar-refractivity contribution in [2.75, 3.05) is 5.32 Å². The normalized spacial score (nSPS) is 12.0. The van der Waals surface area contributed by atoms with Crippen molar-refractivity contribution in [3.05, 3.63) is 68.0 Å². The number of para-hydroxylation sites is 2. The summed E-state index contributed by atoms with van der Waals surface area (Å²) in [6.45, 7) is 3.70. The summed E-state index contributed by atoms with van der Waals surface area (Å²) >= 11 is 7.36. The first-order valence-corrected chi connectivity index (χ1v) is 8.84. The summed E-state index contributed by atoms with van der Waals surface area (Å²) in [4.78, 5) is 28.0. The van der Waals surface area contributed by atoms with Crippen LogP contribution in [0.3, 0.4) is 0 Å². The number of imidazole rings is 1. The number of carbonyl (C=O) groups excluding carboxylic acids is 1. The third-order valence-corrected chi connectivity index (χ3v) is 5.14. The number of aromatic amines is 1. The van der Waals surface area contributed by atoms with Crippen LogP contribution < -0.4 is 16.3 Å². The number of hydrogen-bond acceptors (Lipinski definition) is 3. The quantitative estimate of drug-likeness (QED) is 0.641. The van der Waals surface area contributed by atoms with Crippen LogP contribution in [-0.4, -0.2) is 15.6 Å². The Morgan fingerprint density at radius 2 is 2.04 bits per heavy atom. The maximum atomic E-state index is 12.3. The molecule has 1 unspecified atom stereocenters. The summed E-state index contributed by atoms with van der Waals surface area (Å²) in [5, 5.41) is 5.67. The van der Waals surface area contributed by atoms with E-state index in [0.717, 1.165) is 10.6 Å². The topological polar surface area (TPSA) is 78.9 Å². The lowest BCUT2D eigenvalue weighted by Gasteiger charge is -2.16. The van der Waals surface area contributed by atoms with Gasteiger partial charge in [-0.3, -0.25) is 4.57 Å². The smallest absolute Gasteiger partial charge is 0.330 e. The molecule has 25 heavy (non-hydrogen) atoms. The van der Waals surface area contributed by atoms with Crippen molar-refractivity contribution in [1.82, 2.24) is 14.9 Å². The molecule has 1 aromatic carbocycles. The van der Waals surface area contributed by atoms with Crippen molar-refractivity contribution >= 4 is 34.7 Å². The number of nitrogens with zero attached hydrogens (tertiary/aromatic N) is 1. The van der Waals surface area contributed by atoms with Crippen molar-refractivity contribution in [3.63, 3.8) is 0 Å². The SMILES string of the molecule is Cc1c[nH]c(=O)n1-c1ccccc1NC(=O)NC(C)c1ccc(Cl)s1. The minimum absolute atomic E-state index is 0.179. The summed E-state index contributed by atoms with van der Waals surface area (Å²) < 4.78 is 2.19. The maximum Gasteiger partial charge on any atom is 0.330 e. The molecule has 1 atom stereocenters. The Balaban J connectivity index is 1.79. The van der Waals surface area contributed by atoms with E-state index < -0.39 is 0 Å². The van der Waals surface area contributed by atoms with Gasteiger partial charge >= 0.3 is 11.7 Å². The molecule has 0 aliphatic rings. The summed E-state index contributed by atoms with van der Waals surface area (Å²) in [6.07, 6.45) is 1.63. The fourth-order valence-corrected chi connectivity index (χ4v) is 3.58. The number of nitrogens with one attached hydrogen (secondary N) is 3. The largest absolute Gasteiger partial charge is 0.331 e. The molecule has 3 rings (SSSR count). The average molecular weight is 377 g/mol. The van der Waals surface area contributed by atoms with Crippen LogP contribution >= 0.6 is 22.9 Å². The molecule has 2 heterocycles. The van der Waals surface area contributed by atoms with Crippen molar-refractivity contribution in [2.45, 2.75) is 19.9 Å². The van der Waals surface area contributed by atoms with Crippen LogP contribution in [0.1, 0.15) is 23.5 Å². The first-order chi connectivity index (χ1) is 12.0. The zero-order chi connectivity index (χ0) is 18.0. The molecule has 2 amide bonds. The monoisotopic (exact) mass is 376 g/mol. The van der Waals surface area contributed by atoms with E-state index in [1.165, 1.54) is 15.9 Å². The lowest BCUT2D eigenvalue weighted by atomic mass is 10.2. The molecular weight excluding hydrogens is 360 g/mol. The number of urea groups is 1. The minimum Gasteiger partial charge on any atom is -0.331 e. The van der Waals surface area contributed by atoms with Crippen LogP contribution in [-0.2, 0) is 0 Å². The van der Waals surface area contributed by atoms with Crippen LogP contribution in [0, 0.1) is 6.92 Å². The van der Waals surface area contributed by atoms with E-state index >= 15 is 0 Å². The Bertz CT molecular complexity index is 959. The number of thiophene rings is 1. The lowest BCUT2D eigenvalue weighted by molar-refractivity contribution is 0.249. The first-order valence-electron chi connectivity index (χ1n) is 7.65. The molecule has 0 saturated carbocycles. The van der Waals surface area contributed by atoms with Gasteiger partial charge in [0.25, 0.3) is 0 Å². The molecular formula is C17H17ClN4O2S. The Labute approximate surface area is 153 Å². The number of carbonyl (C=O) groups is 1. The molecule has 0 aliphatic heterocycles. The number of H-pyrrole nitrogens is 1. The van der Waals surface area contributed by atoms with Crippen LogP contribution in [0.4, 0.5) is 10.5 Å². The summed E-state index contributed by atoms with van der Waals surface area (Å²) in [7, 11) is 0. The van der Waals surface area contributed by atoms with Gasteiger partial charge < -0.3 is 15.6 Å². The van der Waals surface area contributed by atoms with Crippen LogP contribution in [0.2, 0.25) is 4.34 Å². The van der Waals surface area contributed by atoms with Gasteiger partial charge in [0.05, 0.1) is 21.8 Å². The highest BCUT2D eigenvalue weighted by Crippen LogP contribution is 2.27. The molecule has 8 heteroatoms. The molecule has 130 valence electrons. The molecule has 0 radical (unpaired) electrons. The van der Waals surface area contributed by atoms with Gasteiger partial charge in [0.2, 0.25) is 0 Å².